The fourth-order valence-corrected chi connectivity index (χ4v) is 2.59. The zero-order valence-electron chi connectivity index (χ0n) is 12.3. The molecule has 0 amide bonds. The summed E-state index contributed by atoms with van der Waals surface area (Å²) in [5.41, 5.74) is 0.256. The van der Waals surface area contributed by atoms with Gasteiger partial charge in [-0.25, -0.2) is 9.48 Å². The highest BCUT2D eigenvalue weighted by molar-refractivity contribution is 7.13. The Morgan fingerprint density at radius 2 is 2.24 bits per heavy atom. The number of esters is 1. The van der Waals surface area contributed by atoms with Crippen LogP contribution in [0.1, 0.15) is 31.1 Å². The molecule has 0 atom stereocenters. The summed E-state index contributed by atoms with van der Waals surface area (Å²) in [5.74, 6) is -0.343. The molecule has 0 spiro atoms. The summed E-state index contributed by atoms with van der Waals surface area (Å²) >= 11 is 1.51. The molecule has 112 valence electrons. The molecule has 2 aromatic rings. The molecular formula is C15H18N2O3S. The first-order valence-electron chi connectivity index (χ1n) is 6.86. The SMILES string of the molecule is CCOC(=O)c1cc(-c2cccs2)nn(CC(C)C)c1=O. The first-order valence-corrected chi connectivity index (χ1v) is 7.74. The van der Waals surface area contributed by atoms with Gasteiger partial charge < -0.3 is 4.74 Å². The molecule has 5 nitrogen and oxygen atoms in total. The van der Waals surface area contributed by atoms with Crippen LogP contribution in [-0.4, -0.2) is 22.4 Å². The summed E-state index contributed by atoms with van der Waals surface area (Å²) < 4.78 is 6.32. The molecule has 0 aliphatic carbocycles. The number of nitrogens with zero attached hydrogens (tertiary/aromatic N) is 2. The Hall–Kier alpha value is -1.95. The van der Waals surface area contributed by atoms with Crippen molar-refractivity contribution >= 4 is 17.3 Å². The van der Waals surface area contributed by atoms with Gasteiger partial charge in [0.25, 0.3) is 5.56 Å². The number of aromatic nitrogens is 2. The minimum absolute atomic E-state index is 0.0379. The predicted molar refractivity (Wildman–Crippen MR) is 82.6 cm³/mol. The Bertz CT molecular complexity index is 675. The molecule has 0 fully saturated rings. The minimum atomic E-state index is -0.597. The normalized spacial score (nSPS) is 10.9. The van der Waals surface area contributed by atoms with Gasteiger partial charge in [-0.2, -0.15) is 5.10 Å². The maximum absolute atomic E-state index is 12.3. The standard InChI is InChI=1S/C15H18N2O3S/c1-4-20-15(19)11-8-12(13-6-5-7-21-13)16-17(14(11)18)9-10(2)3/h5-8,10H,4,9H2,1-3H3. The lowest BCUT2D eigenvalue weighted by Crippen LogP contribution is -2.31. The number of hydrogen-bond acceptors (Lipinski definition) is 5. The maximum Gasteiger partial charge on any atom is 0.343 e. The zero-order valence-corrected chi connectivity index (χ0v) is 13.1. The van der Waals surface area contributed by atoms with E-state index < -0.39 is 11.5 Å². The van der Waals surface area contributed by atoms with Crippen LogP contribution in [0.4, 0.5) is 0 Å². The van der Waals surface area contributed by atoms with E-state index in [0.29, 0.717) is 12.2 Å². The van der Waals surface area contributed by atoms with Crippen molar-refractivity contribution in [3.63, 3.8) is 0 Å². The molecule has 0 bridgehead atoms. The lowest BCUT2D eigenvalue weighted by molar-refractivity contribution is 0.0523. The summed E-state index contributed by atoms with van der Waals surface area (Å²) in [7, 11) is 0. The molecule has 0 aromatic carbocycles. The van der Waals surface area contributed by atoms with Crippen LogP contribution in [0.15, 0.2) is 28.4 Å². The summed E-state index contributed by atoms with van der Waals surface area (Å²) in [6.45, 7) is 6.40. The van der Waals surface area contributed by atoms with Crippen molar-refractivity contribution in [1.82, 2.24) is 9.78 Å². The molecule has 6 heteroatoms. The molecule has 0 aliphatic rings. The van der Waals surface area contributed by atoms with Gasteiger partial charge in [-0.3, -0.25) is 4.79 Å². The molecule has 2 heterocycles. The zero-order chi connectivity index (χ0) is 15.4. The second kappa shape index (κ2) is 6.67. The molecule has 0 saturated carbocycles. The third-order valence-corrected chi connectivity index (χ3v) is 3.67. The molecule has 0 N–H and O–H groups in total. The van der Waals surface area contributed by atoms with Crippen molar-refractivity contribution in [1.29, 1.82) is 0 Å². The second-order valence-electron chi connectivity index (χ2n) is 5.02. The fourth-order valence-electron chi connectivity index (χ4n) is 1.91. The van der Waals surface area contributed by atoms with Gasteiger partial charge in [0.1, 0.15) is 11.3 Å². The van der Waals surface area contributed by atoms with Crippen molar-refractivity contribution in [3.05, 3.63) is 39.5 Å². The topological polar surface area (TPSA) is 61.2 Å². The average Bonchev–Trinajstić information content (AvgIpc) is 2.94. The van der Waals surface area contributed by atoms with Crippen LogP contribution < -0.4 is 5.56 Å². The van der Waals surface area contributed by atoms with E-state index in [2.05, 4.69) is 5.10 Å². The van der Waals surface area contributed by atoms with Crippen LogP contribution in [-0.2, 0) is 11.3 Å². The van der Waals surface area contributed by atoms with Crippen LogP contribution in [0.25, 0.3) is 10.6 Å². The van der Waals surface area contributed by atoms with E-state index in [4.69, 9.17) is 4.74 Å². The van der Waals surface area contributed by atoms with Crippen LogP contribution in [0, 0.1) is 5.92 Å². The van der Waals surface area contributed by atoms with E-state index in [9.17, 15) is 9.59 Å². The van der Waals surface area contributed by atoms with Gasteiger partial charge in [0.15, 0.2) is 0 Å². The van der Waals surface area contributed by atoms with Crippen molar-refractivity contribution < 1.29 is 9.53 Å². The first kappa shape index (κ1) is 15.4. The summed E-state index contributed by atoms with van der Waals surface area (Å²) in [6, 6.07) is 5.33. The Morgan fingerprint density at radius 3 is 2.81 bits per heavy atom. The van der Waals surface area contributed by atoms with E-state index in [0.717, 1.165) is 4.88 Å². The Kier molecular flexibility index (Phi) is 4.90. The van der Waals surface area contributed by atoms with Crippen molar-refractivity contribution in [2.75, 3.05) is 6.61 Å². The molecular weight excluding hydrogens is 288 g/mol. The molecule has 0 aliphatic heterocycles. The first-order chi connectivity index (χ1) is 10.0. The highest BCUT2D eigenvalue weighted by atomic mass is 32.1. The second-order valence-corrected chi connectivity index (χ2v) is 5.97. The minimum Gasteiger partial charge on any atom is -0.462 e. The number of carbonyl (C=O) groups excluding carboxylic acids is 1. The summed E-state index contributed by atoms with van der Waals surface area (Å²) in [4.78, 5) is 25.2. The monoisotopic (exact) mass is 306 g/mol. The van der Waals surface area contributed by atoms with Gasteiger partial charge in [-0.15, -0.1) is 11.3 Å². The van der Waals surface area contributed by atoms with E-state index in [1.807, 2.05) is 31.4 Å². The molecule has 2 aromatic heterocycles. The molecule has 2 rings (SSSR count). The smallest absolute Gasteiger partial charge is 0.343 e. The van der Waals surface area contributed by atoms with E-state index in [-0.39, 0.29) is 18.1 Å². The van der Waals surface area contributed by atoms with Gasteiger partial charge in [-0.05, 0) is 30.4 Å². The Morgan fingerprint density at radius 1 is 1.48 bits per heavy atom. The summed E-state index contributed by atoms with van der Waals surface area (Å²) in [5, 5.41) is 6.29. The largest absolute Gasteiger partial charge is 0.462 e. The van der Waals surface area contributed by atoms with E-state index in [1.54, 1.807) is 6.92 Å². The van der Waals surface area contributed by atoms with Crippen molar-refractivity contribution in [2.24, 2.45) is 5.92 Å². The van der Waals surface area contributed by atoms with Crippen molar-refractivity contribution in [2.45, 2.75) is 27.3 Å². The number of ether oxygens (including phenoxy) is 1. The quantitative estimate of drug-likeness (QED) is 0.797. The van der Waals surface area contributed by atoms with Gasteiger partial charge in [0.05, 0.1) is 11.5 Å². The molecule has 0 radical (unpaired) electrons. The van der Waals surface area contributed by atoms with E-state index >= 15 is 0 Å². The summed E-state index contributed by atoms with van der Waals surface area (Å²) in [6.07, 6.45) is 0. The molecule has 21 heavy (non-hydrogen) atoms. The highest BCUT2D eigenvalue weighted by Gasteiger charge is 2.18. The van der Waals surface area contributed by atoms with Gasteiger partial charge in [0.2, 0.25) is 0 Å². The number of rotatable bonds is 5. The lowest BCUT2D eigenvalue weighted by Gasteiger charge is -2.11. The number of hydrogen-bond donors (Lipinski definition) is 0. The third-order valence-electron chi connectivity index (χ3n) is 2.78. The third kappa shape index (κ3) is 3.58. The maximum atomic E-state index is 12.3. The van der Waals surface area contributed by atoms with Gasteiger partial charge in [-0.1, -0.05) is 19.9 Å². The lowest BCUT2D eigenvalue weighted by atomic mass is 10.2. The fraction of sp³-hybridized carbons (Fsp3) is 0.400. The Balaban J connectivity index is 2.55. The van der Waals surface area contributed by atoms with Gasteiger partial charge >= 0.3 is 5.97 Å². The van der Waals surface area contributed by atoms with Gasteiger partial charge in [0, 0.05) is 6.54 Å². The molecule has 0 unspecified atom stereocenters. The predicted octanol–water partition coefficient (Wildman–Crippen LogP) is 2.80. The average molecular weight is 306 g/mol. The van der Waals surface area contributed by atoms with E-state index in [1.165, 1.54) is 22.1 Å². The molecule has 0 saturated heterocycles. The highest BCUT2D eigenvalue weighted by Crippen LogP contribution is 2.22. The van der Waals surface area contributed by atoms with Crippen LogP contribution in [0.5, 0.6) is 0 Å². The van der Waals surface area contributed by atoms with Crippen LogP contribution >= 0.6 is 11.3 Å². The van der Waals surface area contributed by atoms with Crippen LogP contribution in [0.3, 0.4) is 0 Å². The van der Waals surface area contributed by atoms with Crippen LogP contribution in [0.2, 0.25) is 0 Å². The number of carbonyl (C=O) groups is 1. The van der Waals surface area contributed by atoms with Crippen molar-refractivity contribution in [3.8, 4) is 10.6 Å². The number of thiophene rings is 1. The Labute approximate surface area is 127 Å².